The Balaban J connectivity index is 0.000000546. The van der Waals surface area contributed by atoms with Crippen molar-refractivity contribution in [3.8, 4) is 0 Å². The standard InChI is InChI=1S/C12H23BO3.C8H19BO3/c1-14-13(15-2)16-12-10-8-6-4-3-5-7-9-11-12;1-3-5-7-11-9(10)12-8-6-4-2/h10H,3-9,11H2,1-2H3;10H,3-8H2,1-2H3. The van der Waals surface area contributed by atoms with Crippen LogP contribution in [0.2, 0.25) is 0 Å². The van der Waals surface area contributed by atoms with Crippen LogP contribution < -0.4 is 0 Å². The summed E-state index contributed by atoms with van der Waals surface area (Å²) in [6.07, 6.45) is 16.2. The summed E-state index contributed by atoms with van der Waals surface area (Å²) in [7, 11) is 1.60. The van der Waals surface area contributed by atoms with Crippen LogP contribution in [0.25, 0.3) is 0 Å². The molecule has 0 aromatic carbocycles. The summed E-state index contributed by atoms with van der Waals surface area (Å²) in [5.74, 6) is 1.02. The van der Waals surface area contributed by atoms with Crippen LogP contribution in [-0.4, -0.2) is 47.1 Å². The van der Waals surface area contributed by atoms with E-state index in [1.54, 1.807) is 14.2 Å². The molecule has 1 N–H and O–H groups in total. The van der Waals surface area contributed by atoms with Crippen molar-refractivity contribution in [1.29, 1.82) is 0 Å². The first kappa shape index (κ1) is 27.5. The van der Waals surface area contributed by atoms with E-state index in [9.17, 15) is 0 Å². The van der Waals surface area contributed by atoms with Gasteiger partial charge in [-0.1, -0.05) is 52.4 Å². The van der Waals surface area contributed by atoms with Crippen LogP contribution in [0.15, 0.2) is 11.8 Å². The third-order valence-corrected chi connectivity index (χ3v) is 4.40. The number of unbranched alkanes of at least 4 members (excludes halogenated alkanes) is 2. The van der Waals surface area contributed by atoms with Gasteiger partial charge in [0.25, 0.3) is 0 Å². The Morgan fingerprint density at radius 2 is 1.39 bits per heavy atom. The van der Waals surface area contributed by atoms with Crippen LogP contribution in [-0.2, 0) is 23.3 Å². The maximum Gasteiger partial charge on any atom is 0.712 e. The molecule has 0 saturated carbocycles. The van der Waals surface area contributed by atoms with Crippen LogP contribution in [0, 0.1) is 0 Å². The maximum atomic E-state index is 9.06. The predicted octanol–water partition coefficient (Wildman–Crippen LogP) is 4.90. The fourth-order valence-corrected chi connectivity index (χ4v) is 2.64. The van der Waals surface area contributed by atoms with Crippen molar-refractivity contribution in [2.75, 3.05) is 27.4 Å². The summed E-state index contributed by atoms with van der Waals surface area (Å²) < 4.78 is 25.7. The summed E-state index contributed by atoms with van der Waals surface area (Å²) in [6.45, 7) is 5.30. The molecule has 0 amide bonds. The molecule has 0 unspecified atom stereocenters. The molecular weight excluding hydrogens is 358 g/mol. The third kappa shape index (κ3) is 17.6. The van der Waals surface area contributed by atoms with Crippen molar-refractivity contribution >= 4 is 14.6 Å². The van der Waals surface area contributed by atoms with E-state index in [2.05, 4.69) is 19.9 Å². The van der Waals surface area contributed by atoms with Crippen LogP contribution in [0.3, 0.4) is 0 Å². The second kappa shape index (κ2) is 21.2. The van der Waals surface area contributed by atoms with E-state index in [0.29, 0.717) is 13.2 Å². The molecule has 0 radical (unpaired) electrons. The molecule has 1 rings (SSSR count). The van der Waals surface area contributed by atoms with E-state index in [0.717, 1.165) is 44.3 Å². The van der Waals surface area contributed by atoms with E-state index in [-0.39, 0.29) is 0 Å². The van der Waals surface area contributed by atoms with Crippen molar-refractivity contribution in [3.63, 3.8) is 0 Å². The Labute approximate surface area is 173 Å². The van der Waals surface area contributed by atoms with Crippen molar-refractivity contribution in [2.24, 2.45) is 0 Å². The minimum absolute atomic E-state index is 0.561. The van der Waals surface area contributed by atoms with Gasteiger partial charge in [0.2, 0.25) is 0 Å². The summed E-state index contributed by atoms with van der Waals surface area (Å²) >= 11 is 0. The zero-order valence-corrected chi connectivity index (χ0v) is 18.6. The van der Waals surface area contributed by atoms with Gasteiger partial charge in [0.05, 0.1) is 5.76 Å². The Hall–Kier alpha value is -0.530. The number of hydrogen-bond acceptors (Lipinski definition) is 6. The minimum Gasteiger partial charge on any atom is -0.516 e. The van der Waals surface area contributed by atoms with E-state index in [1.165, 1.54) is 38.5 Å². The van der Waals surface area contributed by atoms with Crippen LogP contribution in [0.1, 0.15) is 90.9 Å². The molecule has 0 atom stereocenters. The van der Waals surface area contributed by atoms with Gasteiger partial charge in [-0.3, -0.25) is 0 Å². The highest BCUT2D eigenvalue weighted by Crippen LogP contribution is 2.18. The van der Waals surface area contributed by atoms with E-state index >= 15 is 0 Å². The molecule has 0 spiro atoms. The first-order chi connectivity index (χ1) is 13.7. The fraction of sp³-hybridized carbons (Fsp3) is 0.900. The number of hydrogen-bond donors (Lipinski definition) is 1. The lowest BCUT2D eigenvalue weighted by molar-refractivity contribution is 0.130. The zero-order valence-electron chi connectivity index (χ0n) is 18.6. The molecule has 164 valence electrons. The van der Waals surface area contributed by atoms with Crippen molar-refractivity contribution in [1.82, 2.24) is 0 Å². The molecule has 0 aliphatic heterocycles. The lowest BCUT2D eigenvalue weighted by atomic mass is 10.0. The van der Waals surface area contributed by atoms with E-state index in [4.69, 9.17) is 28.3 Å². The molecule has 0 saturated heterocycles. The number of rotatable bonds is 12. The molecule has 0 fully saturated rings. The highest BCUT2D eigenvalue weighted by molar-refractivity contribution is 6.36. The molecule has 0 bridgehead atoms. The third-order valence-electron chi connectivity index (χ3n) is 4.40. The Bertz CT molecular complexity index is 344. The smallest absolute Gasteiger partial charge is 0.516 e. The van der Waals surface area contributed by atoms with Crippen molar-refractivity contribution in [3.05, 3.63) is 11.8 Å². The van der Waals surface area contributed by atoms with Gasteiger partial charge < -0.3 is 28.3 Å². The fourth-order valence-electron chi connectivity index (χ4n) is 2.64. The van der Waals surface area contributed by atoms with Gasteiger partial charge in [0.1, 0.15) is 0 Å². The van der Waals surface area contributed by atoms with Gasteiger partial charge in [0, 0.05) is 33.9 Å². The van der Waals surface area contributed by atoms with Gasteiger partial charge in [0.15, 0.2) is 0 Å². The van der Waals surface area contributed by atoms with E-state index in [1.807, 2.05) is 0 Å². The molecule has 0 aromatic heterocycles. The van der Waals surface area contributed by atoms with Crippen LogP contribution >= 0.6 is 0 Å². The van der Waals surface area contributed by atoms with Crippen LogP contribution in [0.5, 0.6) is 0 Å². The summed E-state index contributed by atoms with van der Waals surface area (Å²) in [4.78, 5) is 0. The largest absolute Gasteiger partial charge is 0.712 e. The molecule has 6 nitrogen and oxygen atoms in total. The molecule has 8 heteroatoms. The molecule has 1 aliphatic rings. The summed E-state index contributed by atoms with van der Waals surface area (Å²) in [5.41, 5.74) is 0. The minimum atomic E-state index is -1.02. The monoisotopic (exact) mass is 400 g/mol. The highest BCUT2D eigenvalue weighted by Gasteiger charge is 2.20. The Morgan fingerprint density at radius 3 is 1.93 bits per heavy atom. The van der Waals surface area contributed by atoms with Gasteiger partial charge in [-0.25, -0.2) is 0 Å². The van der Waals surface area contributed by atoms with Crippen molar-refractivity contribution in [2.45, 2.75) is 90.9 Å². The maximum absolute atomic E-state index is 9.06. The first-order valence-electron chi connectivity index (χ1n) is 11.0. The van der Waals surface area contributed by atoms with E-state index < -0.39 is 14.6 Å². The SMILES string of the molecule is CCCCOB(O)OCCCC.COB(OC)OC1=CCCCCCCCC1. The summed E-state index contributed by atoms with van der Waals surface area (Å²) in [6, 6.07) is 0. The normalized spacial score (nSPS) is 15.1. The molecule has 28 heavy (non-hydrogen) atoms. The first-order valence-corrected chi connectivity index (χ1v) is 11.0. The van der Waals surface area contributed by atoms with Crippen molar-refractivity contribution < 1.29 is 28.3 Å². The Kier molecular flexibility index (Phi) is 20.8. The lowest BCUT2D eigenvalue weighted by Crippen LogP contribution is -2.23. The zero-order chi connectivity index (χ0) is 20.9. The second-order valence-corrected chi connectivity index (χ2v) is 6.96. The molecule has 0 aromatic rings. The van der Waals surface area contributed by atoms with Gasteiger partial charge >= 0.3 is 14.6 Å². The quantitative estimate of drug-likeness (QED) is 0.372. The Morgan fingerprint density at radius 1 is 0.857 bits per heavy atom. The molecular formula is C20H42B2O6. The second-order valence-electron chi connectivity index (χ2n) is 6.96. The highest BCUT2D eigenvalue weighted by atomic mass is 16.7. The molecule has 0 heterocycles. The van der Waals surface area contributed by atoms with Crippen LogP contribution in [0.4, 0.5) is 0 Å². The summed E-state index contributed by atoms with van der Waals surface area (Å²) in [5, 5.41) is 9.06. The lowest BCUT2D eigenvalue weighted by Gasteiger charge is -2.15. The molecule has 1 aliphatic carbocycles. The van der Waals surface area contributed by atoms with Gasteiger partial charge in [-0.2, -0.15) is 0 Å². The average molecular weight is 400 g/mol. The predicted molar refractivity (Wildman–Crippen MR) is 116 cm³/mol. The number of allylic oxidation sites excluding steroid dienone is 2. The van der Waals surface area contributed by atoms with Gasteiger partial charge in [-0.05, 0) is 38.2 Å². The topological polar surface area (TPSA) is 66.4 Å². The average Bonchev–Trinajstić information content (AvgIpc) is 2.71. The van der Waals surface area contributed by atoms with Gasteiger partial charge in [-0.15, -0.1) is 0 Å².